The minimum atomic E-state index is 0. The highest BCUT2D eigenvalue weighted by Gasteiger charge is 2.38. The summed E-state index contributed by atoms with van der Waals surface area (Å²) in [5.41, 5.74) is 2.10. The third-order valence-electron chi connectivity index (χ3n) is 4.21. The van der Waals surface area contributed by atoms with Crippen LogP contribution in [0.15, 0.2) is 15.2 Å². The molecule has 18 heavy (non-hydrogen) atoms. The fraction of sp³-hybridized carbons (Fsp3) is 0.692. The highest BCUT2D eigenvalue weighted by molar-refractivity contribution is 9.11. The Morgan fingerprint density at radius 2 is 2.11 bits per heavy atom. The van der Waals surface area contributed by atoms with Crippen molar-refractivity contribution in [1.29, 1.82) is 0 Å². The number of likely N-dealkylation sites (tertiary alicyclic amines) is 1. The first-order valence-corrected chi connectivity index (χ1v) is 8.09. The first-order chi connectivity index (χ1) is 8.26. The quantitative estimate of drug-likeness (QED) is 0.877. The van der Waals surface area contributed by atoms with Crippen LogP contribution in [0.3, 0.4) is 0 Å². The highest BCUT2D eigenvalue weighted by atomic mass is 79.9. The molecule has 0 radical (unpaired) electrons. The molecule has 1 aromatic rings. The van der Waals surface area contributed by atoms with E-state index < -0.39 is 0 Å². The average Bonchev–Trinajstić information content (AvgIpc) is 2.89. The Bertz CT molecular complexity index is 390. The molecule has 2 aliphatic rings. The Balaban J connectivity index is 0.00000120. The van der Waals surface area contributed by atoms with Crippen molar-refractivity contribution in [3.8, 4) is 0 Å². The predicted molar refractivity (Wildman–Crippen MR) is 83.7 cm³/mol. The van der Waals surface area contributed by atoms with E-state index in [2.05, 4.69) is 37.6 Å². The Kier molecular flexibility index (Phi) is 5.12. The van der Waals surface area contributed by atoms with Crippen molar-refractivity contribution in [2.45, 2.75) is 25.8 Å². The number of rotatable bonds is 2. The molecule has 0 unspecified atom stereocenters. The van der Waals surface area contributed by atoms with Crippen LogP contribution in [-0.4, -0.2) is 31.1 Å². The van der Waals surface area contributed by atoms with Crippen molar-refractivity contribution in [3.05, 3.63) is 20.8 Å². The van der Waals surface area contributed by atoms with Gasteiger partial charge in [0.25, 0.3) is 0 Å². The Hall–Kier alpha value is 0.390. The third-order valence-corrected chi connectivity index (χ3v) is 5.76. The SMILES string of the molecule is Brc1cc(CN2CCC3(CCNCC3)C2)cs1.Cl. The Morgan fingerprint density at radius 1 is 1.33 bits per heavy atom. The van der Waals surface area contributed by atoms with E-state index in [9.17, 15) is 0 Å². The summed E-state index contributed by atoms with van der Waals surface area (Å²) in [4.78, 5) is 2.64. The molecular formula is C13H20BrClN2S. The van der Waals surface area contributed by atoms with Gasteiger partial charge < -0.3 is 5.32 Å². The van der Waals surface area contributed by atoms with E-state index in [0.29, 0.717) is 5.41 Å². The van der Waals surface area contributed by atoms with Gasteiger partial charge in [0, 0.05) is 13.1 Å². The molecule has 5 heteroatoms. The average molecular weight is 352 g/mol. The zero-order valence-electron chi connectivity index (χ0n) is 10.5. The van der Waals surface area contributed by atoms with Gasteiger partial charge in [-0.15, -0.1) is 23.7 Å². The van der Waals surface area contributed by atoms with Crippen LogP contribution in [0.1, 0.15) is 24.8 Å². The molecule has 2 fully saturated rings. The van der Waals surface area contributed by atoms with Gasteiger partial charge in [0.1, 0.15) is 0 Å². The number of halogens is 2. The first-order valence-electron chi connectivity index (χ1n) is 6.42. The smallest absolute Gasteiger partial charge is 0.0701 e. The van der Waals surface area contributed by atoms with Gasteiger partial charge in [-0.1, -0.05) is 0 Å². The van der Waals surface area contributed by atoms with E-state index >= 15 is 0 Å². The largest absolute Gasteiger partial charge is 0.317 e. The van der Waals surface area contributed by atoms with E-state index in [-0.39, 0.29) is 12.4 Å². The number of thiophene rings is 1. The van der Waals surface area contributed by atoms with Crippen LogP contribution in [0.4, 0.5) is 0 Å². The molecule has 3 rings (SSSR count). The molecule has 3 heterocycles. The van der Waals surface area contributed by atoms with Gasteiger partial charge in [0.15, 0.2) is 0 Å². The molecule has 2 nitrogen and oxygen atoms in total. The van der Waals surface area contributed by atoms with Crippen LogP contribution in [0.2, 0.25) is 0 Å². The van der Waals surface area contributed by atoms with Gasteiger partial charge >= 0.3 is 0 Å². The van der Waals surface area contributed by atoms with Crippen molar-refractivity contribution < 1.29 is 0 Å². The number of nitrogens with zero attached hydrogens (tertiary/aromatic N) is 1. The molecule has 102 valence electrons. The number of nitrogens with one attached hydrogen (secondary N) is 1. The molecule has 1 aromatic heterocycles. The number of piperidine rings is 1. The lowest BCUT2D eigenvalue weighted by Gasteiger charge is -2.33. The molecule has 0 atom stereocenters. The van der Waals surface area contributed by atoms with Gasteiger partial charge in [0.05, 0.1) is 3.79 Å². The predicted octanol–water partition coefficient (Wildman–Crippen LogP) is 3.51. The fourth-order valence-corrected chi connectivity index (χ4v) is 4.42. The Labute approximate surface area is 128 Å². The van der Waals surface area contributed by atoms with Crippen molar-refractivity contribution in [2.24, 2.45) is 5.41 Å². The second-order valence-corrected chi connectivity index (χ2v) is 7.76. The number of hydrogen-bond donors (Lipinski definition) is 1. The van der Waals surface area contributed by atoms with E-state index in [4.69, 9.17) is 0 Å². The van der Waals surface area contributed by atoms with Gasteiger partial charge in [-0.25, -0.2) is 0 Å². The lowest BCUT2D eigenvalue weighted by Crippen LogP contribution is -2.38. The van der Waals surface area contributed by atoms with Crippen molar-refractivity contribution in [2.75, 3.05) is 26.2 Å². The molecule has 1 N–H and O–H groups in total. The third kappa shape index (κ3) is 3.28. The Morgan fingerprint density at radius 3 is 2.78 bits per heavy atom. The van der Waals surface area contributed by atoms with Crippen molar-refractivity contribution in [3.63, 3.8) is 0 Å². The molecule has 0 amide bonds. The summed E-state index contributed by atoms with van der Waals surface area (Å²) in [5.74, 6) is 0. The van der Waals surface area contributed by atoms with Gasteiger partial charge in [0.2, 0.25) is 0 Å². The summed E-state index contributed by atoms with van der Waals surface area (Å²) in [6, 6.07) is 2.26. The topological polar surface area (TPSA) is 15.3 Å². The molecule has 0 saturated carbocycles. The summed E-state index contributed by atoms with van der Waals surface area (Å²) < 4.78 is 1.25. The van der Waals surface area contributed by atoms with E-state index in [1.807, 2.05) is 0 Å². The minimum absolute atomic E-state index is 0. The molecule has 2 aliphatic heterocycles. The highest BCUT2D eigenvalue weighted by Crippen LogP contribution is 2.39. The second kappa shape index (κ2) is 6.23. The maximum absolute atomic E-state index is 3.54. The first kappa shape index (κ1) is 14.8. The van der Waals surface area contributed by atoms with E-state index in [0.717, 1.165) is 6.54 Å². The molecule has 2 saturated heterocycles. The minimum Gasteiger partial charge on any atom is -0.317 e. The standard InChI is InChI=1S/C13H19BrN2S.ClH/c14-12-7-11(9-17-12)8-16-6-3-13(10-16)1-4-15-5-2-13;/h7,9,15H,1-6,8,10H2;1H. The molecule has 1 spiro atoms. The lowest BCUT2D eigenvalue weighted by atomic mass is 9.78. The van der Waals surface area contributed by atoms with Crippen LogP contribution in [0.5, 0.6) is 0 Å². The van der Waals surface area contributed by atoms with Crippen LogP contribution in [0, 0.1) is 5.41 Å². The molecular weight excluding hydrogens is 332 g/mol. The monoisotopic (exact) mass is 350 g/mol. The maximum atomic E-state index is 3.54. The lowest BCUT2D eigenvalue weighted by molar-refractivity contribution is 0.194. The zero-order chi connectivity index (χ0) is 11.7. The maximum Gasteiger partial charge on any atom is 0.0701 e. The van der Waals surface area contributed by atoms with Crippen LogP contribution >= 0.6 is 39.7 Å². The van der Waals surface area contributed by atoms with Gasteiger partial charge in [-0.2, -0.15) is 0 Å². The van der Waals surface area contributed by atoms with E-state index in [1.54, 1.807) is 11.3 Å². The summed E-state index contributed by atoms with van der Waals surface area (Å²) >= 11 is 5.34. The molecule has 0 bridgehead atoms. The number of hydrogen-bond acceptors (Lipinski definition) is 3. The summed E-state index contributed by atoms with van der Waals surface area (Å²) in [6.45, 7) is 6.17. The fourth-order valence-electron chi connectivity index (χ4n) is 3.21. The van der Waals surface area contributed by atoms with Crippen LogP contribution in [0.25, 0.3) is 0 Å². The summed E-state index contributed by atoms with van der Waals surface area (Å²) in [5, 5.41) is 5.76. The van der Waals surface area contributed by atoms with Crippen molar-refractivity contribution >= 4 is 39.7 Å². The van der Waals surface area contributed by atoms with E-state index in [1.165, 1.54) is 54.8 Å². The summed E-state index contributed by atoms with van der Waals surface area (Å²) in [6.07, 6.45) is 4.15. The normalized spacial score (nSPS) is 23.2. The molecule has 0 aliphatic carbocycles. The van der Waals surface area contributed by atoms with Gasteiger partial charge in [-0.05, 0) is 77.3 Å². The molecule has 0 aromatic carbocycles. The zero-order valence-corrected chi connectivity index (χ0v) is 13.7. The van der Waals surface area contributed by atoms with Crippen molar-refractivity contribution in [1.82, 2.24) is 10.2 Å². The van der Waals surface area contributed by atoms with Crippen LogP contribution < -0.4 is 5.32 Å². The second-order valence-electron chi connectivity index (χ2n) is 5.47. The van der Waals surface area contributed by atoms with Gasteiger partial charge in [-0.3, -0.25) is 4.90 Å². The summed E-state index contributed by atoms with van der Waals surface area (Å²) in [7, 11) is 0. The van der Waals surface area contributed by atoms with Crippen LogP contribution in [-0.2, 0) is 6.54 Å².